The van der Waals surface area contributed by atoms with Crippen LogP contribution in [0.1, 0.15) is 20.8 Å². The maximum atomic E-state index is 5.44. The Balaban J connectivity index is 1.96. The molecule has 7 nitrogen and oxygen atoms in total. The molecule has 2 aliphatic heterocycles. The number of fused-ring (bicyclic) bond motifs is 1. The summed E-state index contributed by atoms with van der Waals surface area (Å²) in [7, 11) is 0. The van der Waals surface area contributed by atoms with E-state index in [0.717, 1.165) is 63.3 Å². The van der Waals surface area contributed by atoms with Crippen LogP contribution in [0, 0.1) is 0 Å². The number of ether oxygens (including phenoxy) is 1. The van der Waals surface area contributed by atoms with E-state index in [1.165, 1.54) is 0 Å². The van der Waals surface area contributed by atoms with Crippen molar-refractivity contribution >= 4 is 23.5 Å². The van der Waals surface area contributed by atoms with E-state index in [-0.39, 0.29) is 6.17 Å². The first-order valence-electron chi connectivity index (χ1n) is 8.52. The third-order valence-electron chi connectivity index (χ3n) is 4.55. The third kappa shape index (κ3) is 3.03. The highest BCUT2D eigenvalue weighted by Gasteiger charge is 2.30. The van der Waals surface area contributed by atoms with Gasteiger partial charge in [-0.1, -0.05) is 13.8 Å². The largest absolute Gasteiger partial charge is 0.378 e. The molecule has 7 heteroatoms. The van der Waals surface area contributed by atoms with Crippen LogP contribution in [0.15, 0.2) is 11.3 Å². The maximum Gasteiger partial charge on any atom is 0.161 e. The predicted octanol–water partition coefficient (Wildman–Crippen LogP) is 1.52. The van der Waals surface area contributed by atoms with Crippen molar-refractivity contribution in [3.8, 4) is 0 Å². The monoisotopic (exact) mass is 318 g/mol. The average molecular weight is 318 g/mol. The molecule has 23 heavy (non-hydrogen) atoms. The summed E-state index contributed by atoms with van der Waals surface area (Å²) < 4.78 is 5.44. The fraction of sp³-hybridized carbons (Fsp3) is 0.688. The first-order chi connectivity index (χ1) is 11.3. The van der Waals surface area contributed by atoms with Crippen LogP contribution in [0.3, 0.4) is 0 Å². The van der Waals surface area contributed by atoms with Gasteiger partial charge in [0.1, 0.15) is 18.2 Å². The van der Waals surface area contributed by atoms with Gasteiger partial charge < -0.3 is 14.5 Å². The van der Waals surface area contributed by atoms with Gasteiger partial charge in [-0.05, 0) is 20.0 Å². The maximum absolute atomic E-state index is 5.44. The van der Waals surface area contributed by atoms with Gasteiger partial charge in [-0.3, -0.25) is 4.90 Å². The van der Waals surface area contributed by atoms with Gasteiger partial charge in [-0.2, -0.15) is 0 Å². The molecule has 1 aromatic rings. The Morgan fingerprint density at radius 3 is 2.48 bits per heavy atom. The topological polar surface area (TPSA) is 57.1 Å². The Labute approximate surface area is 138 Å². The molecule has 1 unspecified atom stereocenters. The van der Waals surface area contributed by atoms with E-state index in [2.05, 4.69) is 45.4 Å². The number of aromatic nitrogens is 2. The number of rotatable bonds is 5. The van der Waals surface area contributed by atoms with Crippen LogP contribution in [0.5, 0.6) is 0 Å². The molecule has 0 saturated carbocycles. The zero-order chi connectivity index (χ0) is 16.2. The predicted molar refractivity (Wildman–Crippen MR) is 92.9 cm³/mol. The molecule has 2 aliphatic rings. The molecule has 1 fully saturated rings. The average Bonchev–Trinajstić information content (AvgIpc) is 2.62. The molecule has 1 atom stereocenters. The van der Waals surface area contributed by atoms with Gasteiger partial charge in [0, 0.05) is 25.8 Å². The fourth-order valence-corrected chi connectivity index (χ4v) is 3.27. The van der Waals surface area contributed by atoms with Crippen molar-refractivity contribution in [3.63, 3.8) is 0 Å². The van der Waals surface area contributed by atoms with Gasteiger partial charge in [-0.15, -0.1) is 0 Å². The van der Waals surface area contributed by atoms with Gasteiger partial charge in [0.05, 0.1) is 13.2 Å². The van der Waals surface area contributed by atoms with E-state index in [1.807, 2.05) is 6.21 Å². The Kier molecular flexibility index (Phi) is 5.07. The Bertz CT molecular complexity index is 554. The van der Waals surface area contributed by atoms with Crippen molar-refractivity contribution in [3.05, 3.63) is 6.33 Å². The summed E-state index contributed by atoms with van der Waals surface area (Å²) in [5, 5.41) is 0. The Morgan fingerprint density at radius 2 is 1.83 bits per heavy atom. The number of anilines is 2. The number of aliphatic imine (C=N–C) groups is 1. The third-order valence-corrected chi connectivity index (χ3v) is 4.55. The lowest BCUT2D eigenvalue weighted by molar-refractivity contribution is 0.122. The molecule has 0 bridgehead atoms. The second kappa shape index (κ2) is 7.23. The van der Waals surface area contributed by atoms with Crippen molar-refractivity contribution in [1.82, 2.24) is 14.9 Å². The molecule has 0 spiro atoms. The summed E-state index contributed by atoms with van der Waals surface area (Å²) in [6.07, 6.45) is 3.85. The normalized spacial score (nSPS) is 21.0. The van der Waals surface area contributed by atoms with Gasteiger partial charge >= 0.3 is 0 Å². The molecule has 0 radical (unpaired) electrons. The minimum Gasteiger partial charge on any atom is -0.378 e. The summed E-state index contributed by atoms with van der Waals surface area (Å²) in [6, 6.07) is 0. The molecule has 0 aromatic carbocycles. The van der Waals surface area contributed by atoms with E-state index in [0.29, 0.717) is 0 Å². The minimum absolute atomic E-state index is 0.162. The summed E-state index contributed by atoms with van der Waals surface area (Å²) in [5.41, 5.74) is 0.889. The standard InChI is InChI=1S/C16H26N6O/c1-4-20(5-2)13-11-17-14-15(21-7-9-23-10-8-21)18-12-19-16(14)22(13)6-3/h11-13H,4-10H2,1-3H3. The molecule has 3 heterocycles. The quantitative estimate of drug-likeness (QED) is 0.820. The molecule has 126 valence electrons. The van der Waals surface area contributed by atoms with Crippen LogP contribution in [-0.2, 0) is 4.74 Å². The lowest BCUT2D eigenvalue weighted by atomic mass is 10.2. The summed E-state index contributed by atoms with van der Waals surface area (Å²) in [6.45, 7) is 12.6. The van der Waals surface area contributed by atoms with Crippen LogP contribution >= 0.6 is 0 Å². The molecule has 0 amide bonds. The minimum atomic E-state index is 0.162. The van der Waals surface area contributed by atoms with Crippen molar-refractivity contribution in [2.75, 3.05) is 55.7 Å². The van der Waals surface area contributed by atoms with Crippen LogP contribution < -0.4 is 9.80 Å². The first-order valence-corrected chi connectivity index (χ1v) is 8.52. The van der Waals surface area contributed by atoms with Crippen LogP contribution in [0.25, 0.3) is 0 Å². The lowest BCUT2D eigenvalue weighted by Gasteiger charge is -2.40. The second-order valence-corrected chi connectivity index (χ2v) is 5.67. The van der Waals surface area contributed by atoms with Crippen molar-refractivity contribution in [2.45, 2.75) is 26.9 Å². The van der Waals surface area contributed by atoms with Gasteiger partial charge in [-0.25, -0.2) is 15.0 Å². The van der Waals surface area contributed by atoms with Gasteiger partial charge in [0.15, 0.2) is 11.6 Å². The van der Waals surface area contributed by atoms with Crippen molar-refractivity contribution < 1.29 is 4.74 Å². The zero-order valence-corrected chi connectivity index (χ0v) is 14.3. The molecule has 0 N–H and O–H groups in total. The van der Waals surface area contributed by atoms with E-state index >= 15 is 0 Å². The number of nitrogens with zero attached hydrogens (tertiary/aromatic N) is 6. The highest BCUT2D eigenvalue weighted by Crippen LogP contribution is 2.38. The van der Waals surface area contributed by atoms with E-state index in [1.54, 1.807) is 6.33 Å². The summed E-state index contributed by atoms with van der Waals surface area (Å²) in [5.74, 6) is 1.86. The van der Waals surface area contributed by atoms with E-state index < -0.39 is 0 Å². The molecule has 0 aliphatic carbocycles. The number of hydrogen-bond donors (Lipinski definition) is 0. The molecular formula is C16H26N6O. The summed E-state index contributed by atoms with van der Waals surface area (Å²) >= 11 is 0. The van der Waals surface area contributed by atoms with E-state index in [4.69, 9.17) is 9.73 Å². The number of hydrogen-bond acceptors (Lipinski definition) is 7. The van der Waals surface area contributed by atoms with Crippen LogP contribution in [0.2, 0.25) is 0 Å². The van der Waals surface area contributed by atoms with Crippen LogP contribution in [-0.4, -0.2) is 73.2 Å². The van der Waals surface area contributed by atoms with Gasteiger partial charge in [0.25, 0.3) is 0 Å². The van der Waals surface area contributed by atoms with Gasteiger partial charge in [0.2, 0.25) is 0 Å². The molecular weight excluding hydrogens is 292 g/mol. The van der Waals surface area contributed by atoms with Crippen molar-refractivity contribution in [1.29, 1.82) is 0 Å². The summed E-state index contributed by atoms with van der Waals surface area (Å²) in [4.78, 5) is 20.7. The second-order valence-electron chi connectivity index (χ2n) is 5.67. The molecule has 3 rings (SSSR count). The van der Waals surface area contributed by atoms with Crippen LogP contribution in [0.4, 0.5) is 17.3 Å². The lowest BCUT2D eigenvalue weighted by Crippen LogP contribution is -2.51. The zero-order valence-electron chi connectivity index (χ0n) is 14.3. The SMILES string of the molecule is CCN(CC)C1C=Nc2c(N3CCOCC3)ncnc2N1CC. The Morgan fingerprint density at radius 1 is 1.13 bits per heavy atom. The smallest absolute Gasteiger partial charge is 0.161 e. The molecule has 1 aromatic heterocycles. The first kappa shape index (κ1) is 16.1. The van der Waals surface area contributed by atoms with E-state index in [9.17, 15) is 0 Å². The highest BCUT2D eigenvalue weighted by atomic mass is 16.5. The highest BCUT2D eigenvalue weighted by molar-refractivity contribution is 5.87. The van der Waals surface area contributed by atoms with Crippen molar-refractivity contribution in [2.24, 2.45) is 4.99 Å². The fourth-order valence-electron chi connectivity index (χ4n) is 3.27. The number of morpholine rings is 1. The molecule has 1 saturated heterocycles. The Hall–Kier alpha value is -1.73.